The van der Waals surface area contributed by atoms with Crippen LogP contribution in [0, 0.1) is 0 Å². The maximum Gasteiger partial charge on any atom is 0.141 e. The summed E-state index contributed by atoms with van der Waals surface area (Å²) in [4.78, 5) is 11.3. The van der Waals surface area contributed by atoms with E-state index in [0.29, 0.717) is 12.8 Å². The van der Waals surface area contributed by atoms with Crippen LogP contribution in [0.25, 0.3) is 0 Å². The first-order chi connectivity index (χ1) is 6.24. The molecule has 0 heterocycles. The van der Waals surface area contributed by atoms with E-state index in [1.54, 1.807) is 6.08 Å². The zero-order valence-electron chi connectivity index (χ0n) is 7.29. The summed E-state index contributed by atoms with van der Waals surface area (Å²) in [5, 5.41) is 0. The summed E-state index contributed by atoms with van der Waals surface area (Å²) in [5.74, 6) is 0.196. The highest BCUT2D eigenvalue weighted by Gasteiger charge is 2.03. The molecule has 1 aromatic rings. The van der Waals surface area contributed by atoms with Gasteiger partial charge in [-0.3, -0.25) is 4.79 Å². The van der Waals surface area contributed by atoms with Gasteiger partial charge in [-0.2, -0.15) is 0 Å². The minimum atomic E-state index is 0.196. The number of Topliss-reactive ketones (excluding diaryl/α,β-unsaturated/α-hetero) is 1. The van der Waals surface area contributed by atoms with Crippen molar-refractivity contribution in [3.63, 3.8) is 0 Å². The average Bonchev–Trinajstić information content (AvgIpc) is 2.09. The molecule has 1 aromatic carbocycles. The second-order valence-electron chi connectivity index (χ2n) is 2.80. The number of halogens is 1. The Hall–Kier alpha value is -0.890. The van der Waals surface area contributed by atoms with E-state index in [1.165, 1.54) is 0 Å². The normalized spacial score (nSPS) is 9.62. The number of hydrogen-bond acceptors (Lipinski definition) is 1. The maximum atomic E-state index is 11.3. The molecule has 2 heteroatoms. The minimum absolute atomic E-state index is 0.196. The largest absolute Gasteiger partial charge is 0.299 e. The number of carbonyl (C=O) groups is 1. The molecular weight excluding hydrogens is 228 g/mol. The third-order valence-corrected chi connectivity index (χ3v) is 2.49. The van der Waals surface area contributed by atoms with Crippen LogP contribution in [0.3, 0.4) is 0 Å². The van der Waals surface area contributed by atoms with Crippen LogP contribution < -0.4 is 0 Å². The van der Waals surface area contributed by atoms with Gasteiger partial charge in [0.15, 0.2) is 0 Å². The molecule has 0 fully saturated rings. The molecule has 0 aliphatic rings. The van der Waals surface area contributed by atoms with Crippen molar-refractivity contribution in [1.29, 1.82) is 0 Å². The lowest BCUT2D eigenvalue weighted by Crippen LogP contribution is -2.01. The zero-order chi connectivity index (χ0) is 9.68. The lowest BCUT2D eigenvalue weighted by Gasteiger charge is -2.01. The van der Waals surface area contributed by atoms with Crippen molar-refractivity contribution in [2.24, 2.45) is 0 Å². The summed E-state index contributed by atoms with van der Waals surface area (Å²) in [6.45, 7) is 3.53. The zero-order valence-corrected chi connectivity index (χ0v) is 8.88. The summed E-state index contributed by atoms with van der Waals surface area (Å²) in [7, 11) is 0. The van der Waals surface area contributed by atoms with Gasteiger partial charge in [-0.1, -0.05) is 40.2 Å². The topological polar surface area (TPSA) is 17.1 Å². The van der Waals surface area contributed by atoms with Crippen LogP contribution in [0.2, 0.25) is 0 Å². The standard InChI is InChI=1S/C11H11BrO/c1-2-5-10(13)8-9-6-3-4-7-11(9)12/h2-4,6-7H,1,5,8H2. The van der Waals surface area contributed by atoms with Gasteiger partial charge in [0.05, 0.1) is 0 Å². The minimum Gasteiger partial charge on any atom is -0.299 e. The molecule has 68 valence electrons. The van der Waals surface area contributed by atoms with Crippen LogP contribution in [-0.2, 0) is 11.2 Å². The molecular formula is C11H11BrO. The van der Waals surface area contributed by atoms with E-state index < -0.39 is 0 Å². The summed E-state index contributed by atoms with van der Waals surface area (Å²) in [6.07, 6.45) is 2.56. The Morgan fingerprint density at radius 2 is 2.15 bits per heavy atom. The number of allylic oxidation sites excluding steroid dienone is 1. The Kier molecular flexibility index (Phi) is 3.90. The third kappa shape index (κ3) is 3.15. The molecule has 0 saturated heterocycles. The fourth-order valence-corrected chi connectivity index (χ4v) is 1.51. The van der Waals surface area contributed by atoms with Crippen molar-refractivity contribution in [3.05, 3.63) is 47.0 Å². The molecule has 0 N–H and O–H groups in total. The van der Waals surface area contributed by atoms with Crippen LogP contribution in [0.1, 0.15) is 12.0 Å². The lowest BCUT2D eigenvalue weighted by atomic mass is 10.1. The van der Waals surface area contributed by atoms with Crippen molar-refractivity contribution in [1.82, 2.24) is 0 Å². The smallest absolute Gasteiger partial charge is 0.141 e. The first-order valence-electron chi connectivity index (χ1n) is 4.10. The van der Waals surface area contributed by atoms with Crippen LogP contribution >= 0.6 is 15.9 Å². The lowest BCUT2D eigenvalue weighted by molar-refractivity contribution is -0.117. The fourth-order valence-electron chi connectivity index (χ4n) is 1.09. The number of ketones is 1. The van der Waals surface area contributed by atoms with E-state index in [9.17, 15) is 4.79 Å². The molecule has 0 unspecified atom stereocenters. The molecule has 0 aromatic heterocycles. The van der Waals surface area contributed by atoms with Gasteiger partial charge in [0.1, 0.15) is 5.78 Å². The SMILES string of the molecule is C=CCC(=O)Cc1ccccc1Br. The highest BCUT2D eigenvalue weighted by atomic mass is 79.9. The third-order valence-electron chi connectivity index (χ3n) is 1.72. The molecule has 13 heavy (non-hydrogen) atoms. The van der Waals surface area contributed by atoms with Crippen LogP contribution in [0.4, 0.5) is 0 Å². The quantitative estimate of drug-likeness (QED) is 0.737. The van der Waals surface area contributed by atoms with Crippen molar-refractivity contribution >= 4 is 21.7 Å². The number of hydrogen-bond donors (Lipinski definition) is 0. The fraction of sp³-hybridized carbons (Fsp3) is 0.182. The Labute approximate surface area is 86.6 Å². The molecule has 0 atom stereocenters. The molecule has 1 rings (SSSR count). The highest BCUT2D eigenvalue weighted by Crippen LogP contribution is 2.16. The van der Waals surface area contributed by atoms with E-state index in [-0.39, 0.29) is 5.78 Å². The Morgan fingerprint density at radius 1 is 1.46 bits per heavy atom. The maximum absolute atomic E-state index is 11.3. The molecule has 0 amide bonds. The van der Waals surface area contributed by atoms with Crippen LogP contribution in [0.5, 0.6) is 0 Å². The number of carbonyl (C=O) groups excluding carboxylic acids is 1. The van der Waals surface area contributed by atoms with Crippen LogP contribution in [-0.4, -0.2) is 5.78 Å². The van der Waals surface area contributed by atoms with Gasteiger partial charge in [0, 0.05) is 17.3 Å². The van der Waals surface area contributed by atoms with Crippen molar-refractivity contribution in [2.45, 2.75) is 12.8 Å². The van der Waals surface area contributed by atoms with Gasteiger partial charge in [-0.05, 0) is 11.6 Å². The van der Waals surface area contributed by atoms with Crippen LogP contribution in [0.15, 0.2) is 41.4 Å². The number of benzene rings is 1. The molecule has 0 spiro atoms. The first kappa shape index (κ1) is 10.2. The van der Waals surface area contributed by atoms with Gasteiger partial charge >= 0.3 is 0 Å². The monoisotopic (exact) mass is 238 g/mol. The van der Waals surface area contributed by atoms with Crippen molar-refractivity contribution < 1.29 is 4.79 Å². The summed E-state index contributed by atoms with van der Waals surface area (Å²) in [6, 6.07) is 7.76. The molecule has 0 radical (unpaired) electrons. The molecule has 0 aliphatic carbocycles. The molecule has 1 nitrogen and oxygen atoms in total. The summed E-state index contributed by atoms with van der Waals surface area (Å²) >= 11 is 3.40. The van der Waals surface area contributed by atoms with E-state index in [2.05, 4.69) is 22.5 Å². The Bertz CT molecular complexity index is 318. The Morgan fingerprint density at radius 3 is 2.77 bits per heavy atom. The second-order valence-corrected chi connectivity index (χ2v) is 3.65. The number of rotatable bonds is 4. The summed E-state index contributed by atoms with van der Waals surface area (Å²) in [5.41, 5.74) is 1.04. The van der Waals surface area contributed by atoms with Gasteiger partial charge in [-0.15, -0.1) is 6.58 Å². The average molecular weight is 239 g/mol. The van der Waals surface area contributed by atoms with Gasteiger partial charge in [-0.25, -0.2) is 0 Å². The Balaban J connectivity index is 2.68. The second kappa shape index (κ2) is 4.97. The molecule has 0 saturated carbocycles. The van der Waals surface area contributed by atoms with Crippen molar-refractivity contribution in [2.75, 3.05) is 0 Å². The first-order valence-corrected chi connectivity index (χ1v) is 4.89. The predicted octanol–water partition coefficient (Wildman–Crippen LogP) is 3.14. The van der Waals surface area contributed by atoms with Gasteiger partial charge in [0.2, 0.25) is 0 Å². The predicted molar refractivity (Wildman–Crippen MR) is 57.7 cm³/mol. The highest BCUT2D eigenvalue weighted by molar-refractivity contribution is 9.10. The summed E-state index contributed by atoms with van der Waals surface area (Å²) < 4.78 is 0.993. The van der Waals surface area contributed by atoms with Gasteiger partial charge in [0.25, 0.3) is 0 Å². The van der Waals surface area contributed by atoms with Crippen molar-refractivity contribution in [3.8, 4) is 0 Å². The van der Waals surface area contributed by atoms with E-state index in [4.69, 9.17) is 0 Å². The van der Waals surface area contributed by atoms with Gasteiger partial charge < -0.3 is 0 Å². The molecule has 0 aliphatic heterocycles. The van der Waals surface area contributed by atoms with E-state index in [0.717, 1.165) is 10.0 Å². The molecule has 0 bridgehead atoms. The van der Waals surface area contributed by atoms with E-state index >= 15 is 0 Å². The van der Waals surface area contributed by atoms with E-state index in [1.807, 2.05) is 24.3 Å².